The number of likely N-dealkylation sites (N-methyl/N-ethyl adjacent to an activating group) is 1. The average molecular weight is 336 g/mol. The first-order valence-electron chi connectivity index (χ1n) is 8.86. The van der Waals surface area contributed by atoms with Gasteiger partial charge < -0.3 is 19.5 Å². The van der Waals surface area contributed by atoms with Gasteiger partial charge in [-0.15, -0.1) is 0 Å². The van der Waals surface area contributed by atoms with Crippen LogP contribution >= 0.6 is 0 Å². The predicted molar refractivity (Wildman–Crippen MR) is 96.6 cm³/mol. The number of morpholine rings is 1. The van der Waals surface area contributed by atoms with Gasteiger partial charge in [-0.1, -0.05) is 12.1 Å². The maximum atomic E-state index is 10.3. The molecular weight excluding hydrogens is 304 g/mol. The van der Waals surface area contributed by atoms with Crippen LogP contribution < -0.4 is 4.74 Å². The molecule has 0 amide bonds. The number of hydrogen-bond donors (Lipinski definition) is 1. The van der Waals surface area contributed by atoms with E-state index in [4.69, 9.17) is 9.47 Å². The summed E-state index contributed by atoms with van der Waals surface area (Å²) in [7, 11) is 2.02. The molecule has 136 valence electrons. The second-order valence-electron chi connectivity index (χ2n) is 7.06. The standard InChI is InChI=1S/C19H32N2O3/c1-15-6-5-7-19(10-15)23-9-8-20(4)13-18(22)14-21-11-16(2)24-17(3)12-21/h5-7,10,16-18,22H,8-9,11-14H2,1-4H3. The van der Waals surface area contributed by atoms with Gasteiger partial charge in [0.25, 0.3) is 0 Å². The molecule has 1 fully saturated rings. The normalized spacial score (nSPS) is 23.4. The summed E-state index contributed by atoms with van der Waals surface area (Å²) >= 11 is 0. The van der Waals surface area contributed by atoms with E-state index in [0.717, 1.165) is 25.4 Å². The van der Waals surface area contributed by atoms with E-state index < -0.39 is 0 Å². The van der Waals surface area contributed by atoms with Crippen molar-refractivity contribution in [1.29, 1.82) is 0 Å². The Morgan fingerprint density at radius 2 is 2.04 bits per heavy atom. The number of β-amino-alcohol motifs (C(OH)–C–C–N with tert-alkyl or cyclic N) is 1. The van der Waals surface area contributed by atoms with Crippen molar-refractivity contribution in [3.63, 3.8) is 0 Å². The second-order valence-corrected chi connectivity index (χ2v) is 7.06. The van der Waals surface area contributed by atoms with Crippen molar-refractivity contribution in [2.24, 2.45) is 0 Å². The summed E-state index contributed by atoms with van der Waals surface area (Å²) in [5.41, 5.74) is 1.20. The Morgan fingerprint density at radius 1 is 1.33 bits per heavy atom. The van der Waals surface area contributed by atoms with E-state index in [2.05, 4.69) is 36.6 Å². The van der Waals surface area contributed by atoms with E-state index in [1.165, 1.54) is 5.56 Å². The molecule has 5 nitrogen and oxygen atoms in total. The lowest BCUT2D eigenvalue weighted by Crippen LogP contribution is -2.49. The van der Waals surface area contributed by atoms with Crippen molar-refractivity contribution in [3.05, 3.63) is 29.8 Å². The zero-order valence-corrected chi connectivity index (χ0v) is 15.4. The van der Waals surface area contributed by atoms with Gasteiger partial charge in [0, 0.05) is 32.7 Å². The van der Waals surface area contributed by atoms with Gasteiger partial charge in [0.15, 0.2) is 0 Å². The first-order valence-corrected chi connectivity index (χ1v) is 8.86. The third-order valence-corrected chi connectivity index (χ3v) is 4.22. The fourth-order valence-electron chi connectivity index (χ4n) is 3.26. The molecule has 1 saturated heterocycles. The topological polar surface area (TPSA) is 45.2 Å². The summed E-state index contributed by atoms with van der Waals surface area (Å²) in [5.74, 6) is 0.903. The van der Waals surface area contributed by atoms with Crippen LogP contribution in [0.3, 0.4) is 0 Å². The molecule has 24 heavy (non-hydrogen) atoms. The van der Waals surface area contributed by atoms with Crippen molar-refractivity contribution >= 4 is 0 Å². The van der Waals surface area contributed by atoms with E-state index in [0.29, 0.717) is 19.7 Å². The molecule has 1 aromatic carbocycles. The van der Waals surface area contributed by atoms with Crippen LogP contribution in [0, 0.1) is 6.92 Å². The smallest absolute Gasteiger partial charge is 0.119 e. The molecule has 0 aliphatic carbocycles. The number of aliphatic hydroxyl groups excluding tert-OH is 1. The van der Waals surface area contributed by atoms with Gasteiger partial charge in [-0.2, -0.15) is 0 Å². The highest BCUT2D eigenvalue weighted by Gasteiger charge is 2.24. The van der Waals surface area contributed by atoms with Crippen LogP contribution in [0.15, 0.2) is 24.3 Å². The number of aliphatic hydroxyl groups is 1. The van der Waals surface area contributed by atoms with E-state index in [9.17, 15) is 5.11 Å². The van der Waals surface area contributed by atoms with Crippen molar-refractivity contribution in [2.75, 3.05) is 46.4 Å². The monoisotopic (exact) mass is 336 g/mol. The molecule has 1 aromatic rings. The van der Waals surface area contributed by atoms with E-state index in [-0.39, 0.29) is 18.3 Å². The summed E-state index contributed by atoms with van der Waals surface area (Å²) in [4.78, 5) is 4.41. The fourth-order valence-corrected chi connectivity index (χ4v) is 3.26. The number of benzene rings is 1. The van der Waals surface area contributed by atoms with Crippen LogP contribution in [0.5, 0.6) is 5.75 Å². The molecule has 3 unspecified atom stereocenters. The van der Waals surface area contributed by atoms with Crippen molar-refractivity contribution in [2.45, 2.75) is 39.1 Å². The molecule has 0 radical (unpaired) electrons. The predicted octanol–water partition coefficient (Wildman–Crippen LogP) is 1.78. The second kappa shape index (κ2) is 9.37. The van der Waals surface area contributed by atoms with Crippen LogP contribution in [0.2, 0.25) is 0 Å². The summed E-state index contributed by atoms with van der Waals surface area (Å²) in [6.45, 7) is 10.8. The summed E-state index contributed by atoms with van der Waals surface area (Å²) in [6.07, 6.45) is 0.120. The molecule has 1 N–H and O–H groups in total. The Balaban J connectivity index is 1.65. The number of nitrogens with zero attached hydrogens (tertiary/aromatic N) is 2. The van der Waals surface area contributed by atoms with Gasteiger partial charge in [-0.25, -0.2) is 0 Å². The molecule has 2 rings (SSSR count). The minimum atomic E-state index is -0.355. The van der Waals surface area contributed by atoms with Crippen molar-refractivity contribution < 1.29 is 14.6 Å². The first-order chi connectivity index (χ1) is 11.4. The molecule has 1 aliphatic rings. The van der Waals surface area contributed by atoms with Crippen LogP contribution in [0.25, 0.3) is 0 Å². The van der Waals surface area contributed by atoms with Gasteiger partial charge in [0.05, 0.1) is 18.3 Å². The average Bonchev–Trinajstić information content (AvgIpc) is 2.45. The molecular formula is C19H32N2O3. The Morgan fingerprint density at radius 3 is 2.71 bits per heavy atom. The van der Waals surface area contributed by atoms with Gasteiger partial charge in [0.1, 0.15) is 12.4 Å². The number of hydrogen-bond acceptors (Lipinski definition) is 5. The van der Waals surface area contributed by atoms with Crippen molar-refractivity contribution in [1.82, 2.24) is 9.80 Å². The number of ether oxygens (including phenoxy) is 2. The Kier molecular flexibility index (Phi) is 7.49. The molecule has 0 aromatic heterocycles. The van der Waals surface area contributed by atoms with Gasteiger partial charge in [-0.05, 0) is 45.5 Å². The number of aryl methyl sites for hydroxylation is 1. The molecule has 0 bridgehead atoms. The zero-order chi connectivity index (χ0) is 17.5. The minimum absolute atomic E-state index is 0.237. The lowest BCUT2D eigenvalue weighted by Gasteiger charge is -2.36. The van der Waals surface area contributed by atoms with Crippen molar-refractivity contribution in [3.8, 4) is 5.75 Å². The third-order valence-electron chi connectivity index (χ3n) is 4.22. The Labute approximate surface area is 146 Å². The van der Waals surface area contributed by atoms with Crippen LogP contribution in [-0.4, -0.2) is 79.6 Å². The fraction of sp³-hybridized carbons (Fsp3) is 0.684. The highest BCUT2D eigenvalue weighted by molar-refractivity contribution is 5.27. The lowest BCUT2D eigenvalue weighted by atomic mass is 10.2. The number of rotatable bonds is 8. The molecule has 0 spiro atoms. The van der Waals surface area contributed by atoms with Crippen LogP contribution in [0.4, 0.5) is 0 Å². The Bertz CT molecular complexity index is 487. The van der Waals surface area contributed by atoms with Crippen LogP contribution in [-0.2, 0) is 4.74 Å². The third kappa shape index (κ3) is 6.77. The van der Waals surface area contributed by atoms with Gasteiger partial charge >= 0.3 is 0 Å². The lowest BCUT2D eigenvalue weighted by molar-refractivity contribution is -0.0777. The summed E-state index contributed by atoms with van der Waals surface area (Å²) < 4.78 is 11.5. The quantitative estimate of drug-likeness (QED) is 0.784. The maximum Gasteiger partial charge on any atom is 0.119 e. The molecule has 1 aliphatic heterocycles. The Hall–Kier alpha value is -1.14. The van der Waals surface area contributed by atoms with Crippen LogP contribution in [0.1, 0.15) is 19.4 Å². The van der Waals surface area contributed by atoms with E-state index in [1.807, 2.05) is 25.2 Å². The SMILES string of the molecule is Cc1cccc(OCCN(C)CC(O)CN2CC(C)OC(C)C2)c1. The molecule has 3 atom stereocenters. The molecule has 5 heteroatoms. The maximum absolute atomic E-state index is 10.3. The molecule has 0 saturated carbocycles. The van der Waals surface area contributed by atoms with Gasteiger partial charge in [0.2, 0.25) is 0 Å². The van der Waals surface area contributed by atoms with E-state index >= 15 is 0 Å². The highest BCUT2D eigenvalue weighted by atomic mass is 16.5. The van der Waals surface area contributed by atoms with E-state index in [1.54, 1.807) is 0 Å². The largest absolute Gasteiger partial charge is 0.492 e. The minimum Gasteiger partial charge on any atom is -0.492 e. The zero-order valence-electron chi connectivity index (χ0n) is 15.4. The highest BCUT2D eigenvalue weighted by Crippen LogP contribution is 2.13. The summed E-state index contributed by atoms with van der Waals surface area (Å²) in [6, 6.07) is 8.07. The first kappa shape index (κ1) is 19.2. The summed E-state index contributed by atoms with van der Waals surface area (Å²) in [5, 5.41) is 10.3. The van der Waals surface area contributed by atoms with Gasteiger partial charge in [-0.3, -0.25) is 4.90 Å². The molecule has 1 heterocycles.